The number of ether oxygens (including phenoxy) is 1. The minimum atomic E-state index is -3.47. The summed E-state index contributed by atoms with van der Waals surface area (Å²) in [6.07, 6.45) is 5.60. The van der Waals surface area contributed by atoms with Crippen LogP contribution in [0.15, 0.2) is 57.8 Å². The zero-order chi connectivity index (χ0) is 24.0. The van der Waals surface area contributed by atoms with Crippen LogP contribution < -0.4 is 10.2 Å². The molecule has 1 fully saturated rings. The molecule has 0 radical (unpaired) electrons. The van der Waals surface area contributed by atoms with Gasteiger partial charge in [-0.3, -0.25) is 5.43 Å². The van der Waals surface area contributed by atoms with E-state index in [1.54, 1.807) is 53.0 Å². The van der Waals surface area contributed by atoms with Crippen LogP contribution in [0.25, 0.3) is 11.3 Å². The highest BCUT2D eigenvalue weighted by Crippen LogP contribution is 2.28. The predicted octanol–water partition coefficient (Wildman–Crippen LogP) is 4.93. The van der Waals surface area contributed by atoms with Gasteiger partial charge < -0.3 is 9.84 Å². The Kier molecular flexibility index (Phi) is 7.81. The van der Waals surface area contributed by atoms with Gasteiger partial charge in [0, 0.05) is 24.0 Å². The Balaban J connectivity index is 1.41. The average Bonchev–Trinajstić information content (AvgIpc) is 3.13. The fourth-order valence-corrected chi connectivity index (χ4v) is 5.92. The van der Waals surface area contributed by atoms with Gasteiger partial charge >= 0.3 is 0 Å². The van der Waals surface area contributed by atoms with Gasteiger partial charge in [-0.05, 0) is 55.7 Å². The molecule has 4 rings (SSSR count). The van der Waals surface area contributed by atoms with Crippen LogP contribution >= 0.6 is 11.3 Å². The van der Waals surface area contributed by atoms with E-state index in [-0.39, 0.29) is 5.75 Å². The molecule has 180 valence electrons. The summed E-state index contributed by atoms with van der Waals surface area (Å²) in [6, 6.07) is 11.9. The Morgan fingerprint density at radius 2 is 1.88 bits per heavy atom. The summed E-state index contributed by atoms with van der Waals surface area (Å²) < 4.78 is 32.9. The van der Waals surface area contributed by atoms with Gasteiger partial charge in [0.2, 0.25) is 15.2 Å². The molecule has 1 aliphatic heterocycles. The molecule has 0 bridgehead atoms. The maximum Gasteiger partial charge on any atom is 0.243 e. The third-order valence-corrected chi connectivity index (χ3v) is 8.17. The molecule has 0 saturated carbocycles. The van der Waals surface area contributed by atoms with Crippen molar-refractivity contribution in [2.24, 2.45) is 5.10 Å². The van der Waals surface area contributed by atoms with E-state index in [0.717, 1.165) is 42.5 Å². The van der Waals surface area contributed by atoms with Gasteiger partial charge in [-0.15, -0.1) is 11.3 Å². The minimum absolute atomic E-state index is 0.0850. The molecule has 10 heteroatoms. The summed E-state index contributed by atoms with van der Waals surface area (Å²) in [4.78, 5) is 4.85. The van der Waals surface area contributed by atoms with Crippen LogP contribution in [0.5, 0.6) is 11.5 Å². The summed E-state index contributed by atoms with van der Waals surface area (Å²) in [5.74, 6) is 0.492. The molecular weight excluding hydrogens is 472 g/mol. The fraction of sp³-hybridized carbons (Fsp3) is 0.333. The number of nitrogens with one attached hydrogen (secondary N) is 1. The molecular formula is C24H28N4O4S2. The van der Waals surface area contributed by atoms with E-state index in [9.17, 15) is 13.5 Å². The smallest absolute Gasteiger partial charge is 0.243 e. The molecule has 8 nitrogen and oxygen atoms in total. The van der Waals surface area contributed by atoms with Gasteiger partial charge in [0.25, 0.3) is 0 Å². The molecule has 0 amide bonds. The van der Waals surface area contributed by atoms with Gasteiger partial charge in [0.15, 0.2) is 11.5 Å². The molecule has 34 heavy (non-hydrogen) atoms. The first kappa shape index (κ1) is 24.2. The lowest BCUT2D eigenvalue weighted by atomic mass is 10.2. The third kappa shape index (κ3) is 5.75. The van der Waals surface area contributed by atoms with Crippen molar-refractivity contribution in [1.29, 1.82) is 0 Å². The largest absolute Gasteiger partial charge is 0.504 e. The van der Waals surface area contributed by atoms with Gasteiger partial charge in [-0.2, -0.15) is 9.41 Å². The average molecular weight is 501 g/mol. The lowest BCUT2D eigenvalue weighted by Crippen LogP contribution is -2.31. The van der Waals surface area contributed by atoms with Crippen molar-refractivity contribution in [2.45, 2.75) is 37.5 Å². The quantitative estimate of drug-likeness (QED) is 0.336. The molecule has 1 saturated heterocycles. The van der Waals surface area contributed by atoms with Crippen molar-refractivity contribution < 1.29 is 18.3 Å². The summed E-state index contributed by atoms with van der Waals surface area (Å²) >= 11 is 1.40. The van der Waals surface area contributed by atoms with Gasteiger partial charge in [-0.25, -0.2) is 13.4 Å². The molecule has 3 aromatic rings. The lowest BCUT2D eigenvalue weighted by Gasteiger charge is -2.19. The standard InChI is InChI=1S/C24H28N4O4S2/c1-2-32-23-15-18(7-12-22(23)29)16-25-27-24-26-21(17-33-24)19-8-10-20(11-9-19)34(30,31)28-13-5-3-4-6-14-28/h7-12,15-17,29H,2-6,13-14H2,1H3,(H,26,27). The monoisotopic (exact) mass is 500 g/mol. The van der Waals surface area contributed by atoms with Crippen LogP contribution in [0.2, 0.25) is 0 Å². The number of anilines is 1. The Hall–Kier alpha value is -2.95. The van der Waals surface area contributed by atoms with E-state index in [2.05, 4.69) is 15.5 Å². The number of aromatic hydroxyl groups is 1. The van der Waals surface area contributed by atoms with E-state index in [1.807, 2.05) is 12.3 Å². The van der Waals surface area contributed by atoms with Gasteiger partial charge in [0.05, 0.1) is 23.4 Å². The number of phenolic OH excluding ortho intramolecular Hbond substituents is 1. The Morgan fingerprint density at radius 1 is 1.15 bits per heavy atom. The van der Waals surface area contributed by atoms with Crippen molar-refractivity contribution in [3.05, 3.63) is 53.4 Å². The Bertz CT molecular complexity index is 1230. The molecule has 2 aromatic carbocycles. The first-order valence-corrected chi connectivity index (χ1v) is 13.6. The first-order valence-electron chi connectivity index (χ1n) is 11.3. The number of hydrogen-bond donors (Lipinski definition) is 2. The number of benzene rings is 2. The summed E-state index contributed by atoms with van der Waals surface area (Å²) in [5.41, 5.74) is 5.25. The molecule has 0 unspecified atom stereocenters. The molecule has 2 N–H and O–H groups in total. The van der Waals surface area contributed by atoms with Crippen molar-refractivity contribution >= 4 is 32.7 Å². The SMILES string of the molecule is CCOc1cc(C=NNc2nc(-c3ccc(S(=O)(=O)N4CCCCCC4)cc3)cs2)ccc1O. The van der Waals surface area contributed by atoms with E-state index in [4.69, 9.17) is 4.74 Å². The maximum absolute atomic E-state index is 13.0. The fourth-order valence-electron chi connectivity index (χ4n) is 3.73. The number of hydrazone groups is 1. The van der Waals surface area contributed by atoms with Crippen LogP contribution in [0.4, 0.5) is 5.13 Å². The molecule has 2 heterocycles. The van der Waals surface area contributed by atoms with E-state index in [0.29, 0.717) is 35.5 Å². The Morgan fingerprint density at radius 3 is 2.59 bits per heavy atom. The molecule has 0 spiro atoms. The molecule has 1 aliphatic rings. The summed E-state index contributed by atoms with van der Waals surface area (Å²) in [6.45, 7) is 3.48. The number of hydrogen-bond acceptors (Lipinski definition) is 8. The highest BCUT2D eigenvalue weighted by molar-refractivity contribution is 7.89. The third-order valence-electron chi connectivity index (χ3n) is 5.51. The highest BCUT2D eigenvalue weighted by Gasteiger charge is 2.25. The first-order chi connectivity index (χ1) is 16.5. The number of thiazole rings is 1. The number of rotatable bonds is 8. The van der Waals surface area contributed by atoms with Crippen LogP contribution in [0.3, 0.4) is 0 Å². The zero-order valence-electron chi connectivity index (χ0n) is 19.0. The van der Waals surface area contributed by atoms with Crippen molar-refractivity contribution in [3.8, 4) is 22.8 Å². The topological polar surface area (TPSA) is 104 Å². The minimum Gasteiger partial charge on any atom is -0.504 e. The molecule has 0 aliphatic carbocycles. The van der Waals surface area contributed by atoms with E-state index in [1.165, 1.54) is 11.3 Å². The molecule has 0 atom stereocenters. The number of nitrogens with zero attached hydrogens (tertiary/aromatic N) is 3. The maximum atomic E-state index is 13.0. The van der Waals surface area contributed by atoms with Crippen LogP contribution in [0.1, 0.15) is 38.2 Å². The second kappa shape index (κ2) is 11.0. The van der Waals surface area contributed by atoms with Crippen LogP contribution in [0, 0.1) is 0 Å². The van der Waals surface area contributed by atoms with E-state index >= 15 is 0 Å². The van der Waals surface area contributed by atoms with Crippen molar-refractivity contribution in [2.75, 3.05) is 25.1 Å². The second-order valence-corrected chi connectivity index (χ2v) is 10.7. The second-order valence-electron chi connectivity index (χ2n) is 7.91. The van der Waals surface area contributed by atoms with Crippen molar-refractivity contribution in [3.63, 3.8) is 0 Å². The van der Waals surface area contributed by atoms with Crippen molar-refractivity contribution in [1.82, 2.24) is 9.29 Å². The van der Waals surface area contributed by atoms with Gasteiger partial charge in [-0.1, -0.05) is 25.0 Å². The molecule has 1 aromatic heterocycles. The van der Waals surface area contributed by atoms with E-state index < -0.39 is 10.0 Å². The lowest BCUT2D eigenvalue weighted by molar-refractivity contribution is 0.318. The summed E-state index contributed by atoms with van der Waals surface area (Å²) in [7, 11) is -3.47. The predicted molar refractivity (Wildman–Crippen MR) is 135 cm³/mol. The highest BCUT2D eigenvalue weighted by atomic mass is 32.2. The number of aromatic nitrogens is 1. The normalized spacial score (nSPS) is 15.3. The van der Waals surface area contributed by atoms with Crippen LogP contribution in [-0.2, 0) is 10.0 Å². The Labute approximate surface area is 204 Å². The van der Waals surface area contributed by atoms with Gasteiger partial charge in [0.1, 0.15) is 0 Å². The summed E-state index contributed by atoms with van der Waals surface area (Å²) in [5, 5.41) is 16.5. The number of phenols is 1. The zero-order valence-corrected chi connectivity index (χ0v) is 20.6. The number of sulfonamides is 1. The van der Waals surface area contributed by atoms with Crippen LogP contribution in [-0.4, -0.2) is 48.7 Å².